The van der Waals surface area contributed by atoms with Crippen LogP contribution in [-0.2, 0) is 4.74 Å². The molecule has 1 N–H and O–H groups in total. The second kappa shape index (κ2) is 4.67. The predicted molar refractivity (Wildman–Crippen MR) is 65.0 cm³/mol. The maximum absolute atomic E-state index is 9.39. The highest BCUT2D eigenvalue weighted by Crippen LogP contribution is 2.28. The number of rotatable bonds is 3. The number of benzene rings is 1. The predicted octanol–water partition coefficient (Wildman–Crippen LogP) is 1.82. The minimum absolute atomic E-state index is 0.0231. The Bertz CT molecular complexity index is 325. The molecule has 3 nitrogen and oxygen atoms in total. The van der Waals surface area contributed by atoms with Gasteiger partial charge in [-0.1, -0.05) is 0 Å². The van der Waals surface area contributed by atoms with Gasteiger partial charge in [-0.15, -0.1) is 0 Å². The van der Waals surface area contributed by atoms with Crippen LogP contribution in [0, 0.1) is 3.57 Å². The summed E-state index contributed by atoms with van der Waals surface area (Å²) in [5.41, 5.74) is 0. The number of ether oxygens (including phenoxy) is 2. The molecule has 0 heterocycles. The third-order valence-corrected chi connectivity index (χ3v) is 3.31. The molecule has 0 spiro atoms. The van der Waals surface area contributed by atoms with Crippen molar-refractivity contribution in [3.8, 4) is 5.75 Å². The summed E-state index contributed by atoms with van der Waals surface area (Å²) < 4.78 is 12.0. The topological polar surface area (TPSA) is 38.7 Å². The van der Waals surface area contributed by atoms with Gasteiger partial charge in [0.25, 0.3) is 0 Å². The third kappa shape index (κ3) is 2.43. The molecule has 0 saturated heterocycles. The molecule has 0 aromatic heterocycles. The first-order valence-corrected chi connectivity index (χ1v) is 5.91. The van der Waals surface area contributed by atoms with Crippen molar-refractivity contribution in [2.45, 2.75) is 24.7 Å². The summed E-state index contributed by atoms with van der Waals surface area (Å²) in [4.78, 5) is 0. The van der Waals surface area contributed by atoms with Crippen LogP contribution in [0.1, 0.15) is 6.42 Å². The van der Waals surface area contributed by atoms with Crippen molar-refractivity contribution in [2.24, 2.45) is 0 Å². The van der Waals surface area contributed by atoms with Gasteiger partial charge in [0.05, 0.1) is 6.10 Å². The molecule has 1 aliphatic rings. The molecule has 0 radical (unpaired) electrons. The van der Waals surface area contributed by atoms with Crippen molar-refractivity contribution in [1.82, 2.24) is 0 Å². The van der Waals surface area contributed by atoms with E-state index in [1.807, 2.05) is 24.3 Å². The molecule has 1 aliphatic carbocycles. The summed E-state index contributed by atoms with van der Waals surface area (Å²) in [5, 5.41) is 9.39. The van der Waals surface area contributed by atoms with Crippen molar-refractivity contribution in [2.75, 3.05) is 7.11 Å². The van der Waals surface area contributed by atoms with Gasteiger partial charge >= 0.3 is 0 Å². The van der Waals surface area contributed by atoms with Gasteiger partial charge < -0.3 is 14.6 Å². The Morgan fingerprint density at radius 1 is 1.33 bits per heavy atom. The van der Waals surface area contributed by atoms with Gasteiger partial charge in [0, 0.05) is 17.1 Å². The van der Waals surface area contributed by atoms with Crippen molar-refractivity contribution >= 4 is 22.6 Å². The molecule has 2 rings (SSSR count). The maximum atomic E-state index is 9.39. The zero-order valence-electron chi connectivity index (χ0n) is 8.39. The first-order chi connectivity index (χ1) is 7.20. The number of hydrogen-bond donors (Lipinski definition) is 1. The van der Waals surface area contributed by atoms with E-state index in [9.17, 15) is 5.11 Å². The molecule has 3 unspecified atom stereocenters. The van der Waals surface area contributed by atoms with Crippen LogP contribution in [-0.4, -0.2) is 30.5 Å². The summed E-state index contributed by atoms with van der Waals surface area (Å²) in [6.07, 6.45) is 0.0444. The van der Waals surface area contributed by atoms with E-state index >= 15 is 0 Å². The van der Waals surface area contributed by atoms with E-state index in [2.05, 4.69) is 22.6 Å². The highest BCUT2D eigenvalue weighted by Gasteiger charge is 2.42. The minimum Gasteiger partial charge on any atom is -0.488 e. The smallest absolute Gasteiger partial charge is 0.130 e. The fourth-order valence-corrected chi connectivity index (χ4v) is 2.03. The van der Waals surface area contributed by atoms with Gasteiger partial charge in [-0.25, -0.2) is 0 Å². The molecular formula is C11H13IO3. The standard InChI is InChI=1S/C11H13IO3/c1-14-11-9(13)6-10(11)15-8-4-2-7(12)3-5-8/h2-5,9-11,13H,6H2,1H3. The number of aliphatic hydroxyl groups excluding tert-OH is 1. The van der Waals surface area contributed by atoms with Gasteiger partial charge in [0.2, 0.25) is 0 Å². The quantitative estimate of drug-likeness (QED) is 0.864. The van der Waals surface area contributed by atoms with Crippen molar-refractivity contribution in [1.29, 1.82) is 0 Å². The average Bonchev–Trinajstić information content (AvgIpc) is 2.21. The molecule has 1 fully saturated rings. The normalized spacial score (nSPS) is 29.7. The van der Waals surface area contributed by atoms with Crippen LogP contribution in [0.25, 0.3) is 0 Å². The molecule has 1 aromatic carbocycles. The fraction of sp³-hybridized carbons (Fsp3) is 0.455. The summed E-state index contributed by atoms with van der Waals surface area (Å²) >= 11 is 2.25. The number of methoxy groups -OCH3 is 1. The lowest BCUT2D eigenvalue weighted by Gasteiger charge is -2.39. The van der Waals surface area contributed by atoms with Crippen molar-refractivity contribution < 1.29 is 14.6 Å². The largest absolute Gasteiger partial charge is 0.488 e. The zero-order valence-corrected chi connectivity index (χ0v) is 10.5. The highest BCUT2D eigenvalue weighted by molar-refractivity contribution is 14.1. The van der Waals surface area contributed by atoms with Crippen molar-refractivity contribution in [3.63, 3.8) is 0 Å². The fourth-order valence-electron chi connectivity index (χ4n) is 1.67. The van der Waals surface area contributed by atoms with Crippen LogP contribution in [0.15, 0.2) is 24.3 Å². The molecule has 4 heteroatoms. The average molecular weight is 320 g/mol. The van der Waals surface area contributed by atoms with Crippen LogP contribution in [0.5, 0.6) is 5.75 Å². The highest BCUT2D eigenvalue weighted by atomic mass is 127. The Hall–Kier alpha value is -0.330. The molecule has 15 heavy (non-hydrogen) atoms. The first-order valence-electron chi connectivity index (χ1n) is 4.84. The third-order valence-electron chi connectivity index (χ3n) is 2.59. The van der Waals surface area contributed by atoms with Crippen LogP contribution in [0.4, 0.5) is 0 Å². The van der Waals surface area contributed by atoms with Gasteiger partial charge in [0.15, 0.2) is 0 Å². The van der Waals surface area contributed by atoms with Gasteiger partial charge in [-0.05, 0) is 46.9 Å². The lowest BCUT2D eigenvalue weighted by molar-refractivity contribution is -0.149. The van der Waals surface area contributed by atoms with Crippen LogP contribution < -0.4 is 4.74 Å². The second-order valence-electron chi connectivity index (χ2n) is 3.61. The minimum atomic E-state index is -0.385. The zero-order chi connectivity index (χ0) is 10.8. The maximum Gasteiger partial charge on any atom is 0.130 e. The van der Waals surface area contributed by atoms with Crippen LogP contribution >= 0.6 is 22.6 Å². The van der Waals surface area contributed by atoms with Crippen LogP contribution in [0.3, 0.4) is 0 Å². The lowest BCUT2D eigenvalue weighted by atomic mass is 9.88. The molecule has 0 aliphatic heterocycles. The SMILES string of the molecule is COC1C(O)CC1Oc1ccc(I)cc1. The molecule has 82 valence electrons. The van der Waals surface area contributed by atoms with E-state index in [1.54, 1.807) is 7.11 Å². The Morgan fingerprint density at radius 3 is 2.53 bits per heavy atom. The molecular weight excluding hydrogens is 307 g/mol. The monoisotopic (exact) mass is 320 g/mol. The Morgan fingerprint density at radius 2 is 2.00 bits per heavy atom. The van der Waals surface area contributed by atoms with Gasteiger partial charge in [-0.3, -0.25) is 0 Å². The van der Waals surface area contributed by atoms with E-state index in [4.69, 9.17) is 9.47 Å². The van der Waals surface area contributed by atoms with Gasteiger partial charge in [0.1, 0.15) is 18.0 Å². The Balaban J connectivity index is 1.95. The van der Waals surface area contributed by atoms with E-state index < -0.39 is 0 Å². The van der Waals surface area contributed by atoms with Crippen LogP contribution in [0.2, 0.25) is 0 Å². The van der Waals surface area contributed by atoms with E-state index in [-0.39, 0.29) is 18.3 Å². The summed E-state index contributed by atoms with van der Waals surface area (Å²) in [7, 11) is 1.59. The Labute approximate surface area is 103 Å². The van der Waals surface area contributed by atoms with E-state index in [0.29, 0.717) is 6.42 Å². The van der Waals surface area contributed by atoms with Gasteiger partial charge in [-0.2, -0.15) is 0 Å². The number of halogens is 1. The van der Waals surface area contributed by atoms with E-state index in [0.717, 1.165) is 5.75 Å². The number of hydrogen-bond acceptors (Lipinski definition) is 3. The van der Waals surface area contributed by atoms with E-state index in [1.165, 1.54) is 3.57 Å². The summed E-state index contributed by atoms with van der Waals surface area (Å²) in [6.45, 7) is 0. The molecule has 0 bridgehead atoms. The first kappa shape index (κ1) is 11.2. The molecule has 0 amide bonds. The summed E-state index contributed by atoms with van der Waals surface area (Å²) in [5.74, 6) is 0.828. The van der Waals surface area contributed by atoms with Crippen molar-refractivity contribution in [3.05, 3.63) is 27.8 Å². The summed E-state index contributed by atoms with van der Waals surface area (Å²) in [6, 6.07) is 7.85. The Kier molecular flexibility index (Phi) is 3.48. The lowest BCUT2D eigenvalue weighted by Crippen LogP contribution is -2.54. The molecule has 1 saturated carbocycles. The second-order valence-corrected chi connectivity index (χ2v) is 4.86. The number of aliphatic hydroxyl groups is 1. The molecule has 1 aromatic rings. The molecule has 3 atom stereocenters.